The van der Waals surface area contributed by atoms with Crippen LogP contribution in [0.25, 0.3) is 16.9 Å². The molecule has 200 valence electrons. The van der Waals surface area contributed by atoms with Crippen LogP contribution in [0.2, 0.25) is 0 Å². The quantitative estimate of drug-likeness (QED) is 0.523. The molecule has 0 spiro atoms. The van der Waals surface area contributed by atoms with Gasteiger partial charge in [-0.05, 0) is 58.8 Å². The molecule has 2 fully saturated rings. The summed E-state index contributed by atoms with van der Waals surface area (Å²) in [5.41, 5.74) is 1.60. The molecule has 1 saturated heterocycles. The van der Waals surface area contributed by atoms with Crippen LogP contribution < -0.4 is 10.3 Å². The maximum atomic E-state index is 13.4. The minimum Gasteiger partial charge on any atom is -0.493 e. The van der Waals surface area contributed by atoms with E-state index in [2.05, 4.69) is 9.88 Å². The lowest BCUT2D eigenvalue weighted by Crippen LogP contribution is -2.34. The third kappa shape index (κ3) is 5.04. The number of nitrogens with one attached hydrogen (secondary N) is 1. The topological polar surface area (TPSA) is 113 Å². The van der Waals surface area contributed by atoms with E-state index in [0.717, 1.165) is 44.3 Å². The highest BCUT2D eigenvalue weighted by Crippen LogP contribution is 2.35. The molecule has 1 saturated carbocycles. The molecular formula is C26H36N6O4S. The fraction of sp³-hybridized carbons (Fsp3) is 0.577. The summed E-state index contributed by atoms with van der Waals surface area (Å²) in [5.74, 6) is 1.61. The molecule has 5 rings (SSSR count). The van der Waals surface area contributed by atoms with Crippen LogP contribution in [-0.4, -0.2) is 77.0 Å². The Morgan fingerprint density at radius 1 is 1.08 bits per heavy atom. The molecule has 2 aromatic heterocycles. The van der Waals surface area contributed by atoms with Crippen molar-refractivity contribution in [3.8, 4) is 17.1 Å². The van der Waals surface area contributed by atoms with Gasteiger partial charge in [-0.3, -0.25) is 4.79 Å². The number of hydrogen-bond donors (Lipinski definition) is 1. The molecule has 0 radical (unpaired) electrons. The van der Waals surface area contributed by atoms with Gasteiger partial charge in [0, 0.05) is 31.6 Å². The van der Waals surface area contributed by atoms with Crippen molar-refractivity contribution in [3.05, 3.63) is 40.1 Å². The van der Waals surface area contributed by atoms with Crippen molar-refractivity contribution in [2.75, 3.05) is 39.8 Å². The first-order valence-corrected chi connectivity index (χ1v) is 14.7. The van der Waals surface area contributed by atoms with Gasteiger partial charge in [0.25, 0.3) is 5.56 Å². The van der Waals surface area contributed by atoms with Crippen LogP contribution in [-0.2, 0) is 10.0 Å². The van der Waals surface area contributed by atoms with Gasteiger partial charge in [-0.2, -0.15) is 4.31 Å². The smallest absolute Gasteiger partial charge is 0.277 e. The average molecular weight is 529 g/mol. The number of aromatic nitrogens is 4. The van der Waals surface area contributed by atoms with Gasteiger partial charge in [0.15, 0.2) is 11.3 Å². The first-order chi connectivity index (χ1) is 17.8. The number of nitrogens with zero attached hydrogens (tertiary/aromatic N) is 5. The zero-order valence-corrected chi connectivity index (χ0v) is 22.7. The SMILES string of the molecule is CCOc1cc(S(=O)(=O)N2CCCN(C)CC2)ccc1-c1nn2c(C)nc(C3CCCCC3)c2c(=O)[nH]1. The van der Waals surface area contributed by atoms with E-state index in [-0.39, 0.29) is 16.4 Å². The van der Waals surface area contributed by atoms with Crippen LogP contribution in [0, 0.1) is 6.92 Å². The molecule has 1 aliphatic heterocycles. The van der Waals surface area contributed by atoms with E-state index in [4.69, 9.17) is 14.8 Å². The Labute approximate surface area is 217 Å². The number of aryl methyl sites for hydroxylation is 1. The molecule has 1 aromatic carbocycles. The Bertz CT molecular complexity index is 1440. The van der Waals surface area contributed by atoms with Crippen LogP contribution in [0.5, 0.6) is 5.75 Å². The Kier molecular flexibility index (Phi) is 7.37. The normalized spacial score (nSPS) is 18.8. The van der Waals surface area contributed by atoms with E-state index in [1.54, 1.807) is 22.7 Å². The second kappa shape index (κ2) is 10.5. The van der Waals surface area contributed by atoms with Gasteiger partial charge in [0.05, 0.1) is 22.8 Å². The summed E-state index contributed by atoms with van der Waals surface area (Å²) in [6.07, 6.45) is 6.36. The van der Waals surface area contributed by atoms with Gasteiger partial charge in [-0.1, -0.05) is 19.3 Å². The number of sulfonamides is 1. The molecule has 1 N–H and O–H groups in total. The van der Waals surface area contributed by atoms with Crippen LogP contribution in [0.1, 0.15) is 62.9 Å². The fourth-order valence-electron chi connectivity index (χ4n) is 5.50. The lowest BCUT2D eigenvalue weighted by molar-refractivity contribution is 0.339. The van der Waals surface area contributed by atoms with Crippen molar-refractivity contribution in [2.45, 2.75) is 63.2 Å². The molecular weight excluding hydrogens is 492 g/mol. The van der Waals surface area contributed by atoms with Crippen molar-refractivity contribution in [3.63, 3.8) is 0 Å². The largest absolute Gasteiger partial charge is 0.493 e. The van der Waals surface area contributed by atoms with Crippen molar-refractivity contribution in [2.24, 2.45) is 0 Å². The molecule has 1 aliphatic carbocycles. The molecule has 0 atom stereocenters. The zero-order chi connectivity index (χ0) is 26.2. The average Bonchev–Trinajstić information content (AvgIpc) is 3.06. The van der Waals surface area contributed by atoms with Crippen LogP contribution in [0.3, 0.4) is 0 Å². The third-order valence-corrected chi connectivity index (χ3v) is 9.40. The molecule has 3 heterocycles. The Balaban J connectivity index is 1.54. The molecule has 0 bridgehead atoms. The predicted octanol–water partition coefficient (Wildman–Crippen LogP) is 3.17. The number of ether oxygens (including phenoxy) is 1. The summed E-state index contributed by atoms with van der Waals surface area (Å²) in [7, 11) is -1.69. The van der Waals surface area contributed by atoms with Gasteiger partial charge in [-0.15, -0.1) is 5.10 Å². The van der Waals surface area contributed by atoms with Crippen LogP contribution in [0.4, 0.5) is 0 Å². The van der Waals surface area contributed by atoms with E-state index in [1.165, 1.54) is 10.7 Å². The van der Waals surface area contributed by atoms with Crippen molar-refractivity contribution >= 4 is 15.5 Å². The molecule has 0 amide bonds. The molecule has 10 nitrogen and oxygen atoms in total. The summed E-state index contributed by atoms with van der Waals surface area (Å²) < 4.78 is 35.9. The van der Waals surface area contributed by atoms with Gasteiger partial charge in [-0.25, -0.2) is 17.9 Å². The van der Waals surface area contributed by atoms with Crippen molar-refractivity contribution in [1.82, 2.24) is 28.8 Å². The highest BCUT2D eigenvalue weighted by molar-refractivity contribution is 7.89. The summed E-state index contributed by atoms with van der Waals surface area (Å²) in [6, 6.07) is 4.78. The second-order valence-electron chi connectivity index (χ2n) is 10.1. The van der Waals surface area contributed by atoms with Crippen molar-refractivity contribution < 1.29 is 13.2 Å². The molecule has 37 heavy (non-hydrogen) atoms. The third-order valence-electron chi connectivity index (χ3n) is 7.51. The maximum absolute atomic E-state index is 13.4. The number of fused-ring (bicyclic) bond motifs is 1. The molecule has 0 unspecified atom stereocenters. The molecule has 2 aliphatic rings. The number of benzene rings is 1. The standard InChI is InChI=1S/C26H36N6O4S/c1-4-36-22-17-20(37(34,35)31-14-8-13-30(3)15-16-31)11-12-21(22)25-28-26(33)24-23(19-9-6-5-7-10-19)27-18(2)32(24)29-25/h11-12,17,19H,4-10,13-16H2,1-3H3,(H,28,29,33). The monoisotopic (exact) mass is 528 g/mol. The van der Waals surface area contributed by atoms with Crippen molar-refractivity contribution in [1.29, 1.82) is 0 Å². The Morgan fingerprint density at radius 3 is 2.62 bits per heavy atom. The summed E-state index contributed by atoms with van der Waals surface area (Å²) in [4.78, 5) is 23.3. The Morgan fingerprint density at radius 2 is 1.86 bits per heavy atom. The van der Waals surface area contributed by atoms with Gasteiger partial charge in [0.1, 0.15) is 11.6 Å². The lowest BCUT2D eigenvalue weighted by atomic mass is 9.87. The van der Waals surface area contributed by atoms with Crippen LogP contribution in [0.15, 0.2) is 27.9 Å². The number of aromatic amines is 1. The Hall–Kier alpha value is -2.76. The fourth-order valence-corrected chi connectivity index (χ4v) is 6.98. The maximum Gasteiger partial charge on any atom is 0.277 e. The minimum atomic E-state index is -3.69. The van der Waals surface area contributed by atoms with E-state index in [9.17, 15) is 13.2 Å². The number of imidazole rings is 1. The van der Waals surface area contributed by atoms with E-state index >= 15 is 0 Å². The number of likely N-dealkylation sites (N-methyl/N-ethyl adjacent to an activating group) is 1. The first kappa shape index (κ1) is 25.9. The van der Waals surface area contributed by atoms with Gasteiger partial charge in [0.2, 0.25) is 10.0 Å². The summed E-state index contributed by atoms with van der Waals surface area (Å²) >= 11 is 0. The highest BCUT2D eigenvalue weighted by Gasteiger charge is 2.28. The number of rotatable bonds is 6. The van der Waals surface area contributed by atoms with Gasteiger partial charge >= 0.3 is 0 Å². The minimum absolute atomic E-state index is 0.172. The van der Waals surface area contributed by atoms with Gasteiger partial charge < -0.3 is 14.6 Å². The predicted molar refractivity (Wildman–Crippen MR) is 142 cm³/mol. The van der Waals surface area contributed by atoms with E-state index < -0.39 is 10.0 Å². The highest BCUT2D eigenvalue weighted by atomic mass is 32.2. The first-order valence-electron chi connectivity index (χ1n) is 13.2. The summed E-state index contributed by atoms with van der Waals surface area (Å²) in [5, 5.41) is 4.72. The molecule has 11 heteroatoms. The summed E-state index contributed by atoms with van der Waals surface area (Å²) in [6.45, 7) is 6.51. The molecule has 3 aromatic rings. The zero-order valence-electron chi connectivity index (χ0n) is 21.9. The van der Waals surface area contributed by atoms with E-state index in [1.807, 2.05) is 20.9 Å². The van der Waals surface area contributed by atoms with E-state index in [0.29, 0.717) is 54.7 Å². The van der Waals surface area contributed by atoms with Crippen LogP contribution >= 0.6 is 0 Å². The lowest BCUT2D eigenvalue weighted by Gasteiger charge is -2.21. The second-order valence-corrected chi connectivity index (χ2v) is 12.0. The number of hydrogen-bond acceptors (Lipinski definition) is 7. The number of H-pyrrole nitrogens is 1.